The van der Waals surface area contributed by atoms with Gasteiger partial charge in [0.2, 0.25) is 0 Å². The van der Waals surface area contributed by atoms with Gasteiger partial charge in [0.05, 0.1) is 11.8 Å². The lowest BCUT2D eigenvalue weighted by Crippen LogP contribution is -2.44. The van der Waals surface area contributed by atoms with Gasteiger partial charge in [-0.15, -0.1) is 16.5 Å². The highest BCUT2D eigenvalue weighted by Crippen LogP contribution is 2.69. The molecule has 1 atom stereocenters. The standard InChI is InChI=1S/C10H20ClN3O9P2/c11-5-7-14(12-17)9(15)13-6-1-2-8(13)3-4-10(16,24(18,19)20)25(21,22)23/h8,16H,1-7H2,(H2,18,19,20)(H2,21,22,23). The fourth-order valence-electron chi connectivity index (χ4n) is 2.61. The molecule has 1 saturated heterocycles. The summed E-state index contributed by atoms with van der Waals surface area (Å²) >= 11 is 5.47. The minimum atomic E-state index is -5.55. The molecule has 0 aliphatic carbocycles. The fraction of sp³-hybridized carbons (Fsp3) is 0.900. The molecule has 1 heterocycles. The van der Waals surface area contributed by atoms with Gasteiger partial charge in [0.25, 0.3) is 5.08 Å². The van der Waals surface area contributed by atoms with E-state index in [9.17, 15) is 23.9 Å². The molecule has 0 aromatic rings. The summed E-state index contributed by atoms with van der Waals surface area (Å²) in [6.07, 6.45) is -0.335. The largest absolute Gasteiger partial charge is 0.369 e. The Morgan fingerprint density at radius 2 is 1.84 bits per heavy atom. The lowest BCUT2D eigenvalue weighted by Gasteiger charge is -2.32. The maximum absolute atomic E-state index is 12.2. The summed E-state index contributed by atoms with van der Waals surface area (Å²) in [4.78, 5) is 60.6. The van der Waals surface area contributed by atoms with E-state index in [-0.39, 0.29) is 25.4 Å². The number of hydrogen-bond donors (Lipinski definition) is 5. The van der Waals surface area contributed by atoms with Crippen molar-refractivity contribution < 1.29 is 38.6 Å². The van der Waals surface area contributed by atoms with Crippen LogP contribution < -0.4 is 0 Å². The third kappa shape index (κ3) is 4.99. The van der Waals surface area contributed by atoms with Crippen molar-refractivity contribution in [3.63, 3.8) is 0 Å². The summed E-state index contributed by atoms with van der Waals surface area (Å²) in [7, 11) is -11.1. The third-order valence-corrected chi connectivity index (χ3v) is 8.03. The molecular weight excluding hydrogens is 404 g/mol. The Hall–Kier alpha value is -0.580. The van der Waals surface area contributed by atoms with Crippen molar-refractivity contribution in [1.82, 2.24) is 9.91 Å². The molecule has 2 amide bonds. The Bertz CT molecular complexity index is 572. The summed E-state index contributed by atoms with van der Waals surface area (Å²) in [6.45, 7) is 0.0874. The van der Waals surface area contributed by atoms with E-state index in [1.165, 1.54) is 4.90 Å². The second-order valence-corrected chi connectivity index (χ2v) is 9.95. The fourth-order valence-corrected chi connectivity index (χ4v) is 4.97. The number of nitroso groups, excluding NO2 is 1. The Kier molecular flexibility index (Phi) is 7.55. The maximum atomic E-state index is 12.2. The molecule has 1 rings (SSSR count). The first-order chi connectivity index (χ1) is 11.4. The quantitative estimate of drug-likeness (QED) is 0.161. The SMILES string of the molecule is O=NN(CCCl)C(=O)N1CCCC1CCC(O)(P(=O)(O)O)P(=O)(O)O. The van der Waals surface area contributed by atoms with Crippen LogP contribution in [0.3, 0.4) is 0 Å². The first-order valence-electron chi connectivity index (χ1n) is 7.20. The number of urea groups is 1. The van der Waals surface area contributed by atoms with E-state index in [0.29, 0.717) is 17.9 Å². The summed E-state index contributed by atoms with van der Waals surface area (Å²) in [5.74, 6) is -0.0356. The molecule has 0 aromatic heterocycles. The van der Waals surface area contributed by atoms with Gasteiger partial charge in [-0.3, -0.25) is 9.13 Å². The van der Waals surface area contributed by atoms with Gasteiger partial charge in [-0.1, -0.05) is 0 Å². The average Bonchev–Trinajstić information content (AvgIpc) is 2.95. The van der Waals surface area contributed by atoms with Crippen LogP contribution in [0.2, 0.25) is 0 Å². The van der Waals surface area contributed by atoms with Crippen molar-refractivity contribution >= 4 is 32.8 Å². The zero-order valence-electron chi connectivity index (χ0n) is 13.0. The van der Waals surface area contributed by atoms with E-state index in [2.05, 4.69) is 5.29 Å². The molecule has 0 aromatic carbocycles. The minimum absolute atomic E-state index is 0.0356. The van der Waals surface area contributed by atoms with Gasteiger partial charge in [0, 0.05) is 24.9 Å². The molecule has 1 unspecified atom stereocenters. The number of nitrogens with zero attached hydrogens (tertiary/aromatic N) is 3. The Balaban J connectivity index is 2.91. The van der Waals surface area contributed by atoms with Crippen LogP contribution in [0.25, 0.3) is 0 Å². The van der Waals surface area contributed by atoms with Crippen LogP contribution in [0.15, 0.2) is 5.29 Å². The van der Waals surface area contributed by atoms with Gasteiger partial charge in [-0.05, 0) is 19.3 Å². The Morgan fingerprint density at radius 1 is 1.28 bits per heavy atom. The van der Waals surface area contributed by atoms with E-state index in [0.717, 1.165) is 0 Å². The van der Waals surface area contributed by atoms with E-state index in [1.54, 1.807) is 0 Å². The lowest BCUT2D eigenvalue weighted by atomic mass is 10.1. The molecule has 12 nitrogen and oxygen atoms in total. The van der Waals surface area contributed by atoms with Gasteiger partial charge < -0.3 is 29.6 Å². The van der Waals surface area contributed by atoms with Gasteiger partial charge in [-0.25, -0.2) is 4.79 Å². The number of halogens is 1. The van der Waals surface area contributed by atoms with E-state index in [1.807, 2.05) is 0 Å². The zero-order valence-corrected chi connectivity index (χ0v) is 15.6. The molecule has 1 aliphatic rings. The van der Waals surface area contributed by atoms with Crippen LogP contribution in [0.4, 0.5) is 4.79 Å². The van der Waals surface area contributed by atoms with Crippen molar-refractivity contribution in [2.24, 2.45) is 5.29 Å². The molecular formula is C10H20ClN3O9P2. The van der Waals surface area contributed by atoms with E-state index < -0.39 is 38.8 Å². The molecule has 0 bridgehead atoms. The Labute approximate surface area is 148 Å². The second kappa shape index (κ2) is 8.41. The topological polar surface area (TPSA) is 188 Å². The first-order valence-corrected chi connectivity index (χ1v) is 11.0. The third-order valence-electron chi connectivity index (χ3n) is 3.98. The van der Waals surface area contributed by atoms with Crippen LogP contribution in [0.5, 0.6) is 0 Å². The summed E-state index contributed by atoms with van der Waals surface area (Å²) in [6, 6.07) is -1.44. The van der Waals surface area contributed by atoms with Crippen LogP contribution in [-0.2, 0) is 9.13 Å². The average molecular weight is 424 g/mol. The molecule has 0 spiro atoms. The zero-order chi connectivity index (χ0) is 19.5. The smallest absolute Gasteiger partial charge is 0.368 e. The van der Waals surface area contributed by atoms with Crippen LogP contribution in [0, 0.1) is 4.91 Å². The van der Waals surface area contributed by atoms with E-state index in [4.69, 9.17) is 31.2 Å². The molecule has 1 aliphatic heterocycles. The molecule has 0 saturated carbocycles. The minimum Gasteiger partial charge on any atom is -0.368 e. The van der Waals surface area contributed by atoms with Crippen LogP contribution in [-0.4, -0.2) is 70.7 Å². The van der Waals surface area contributed by atoms with Gasteiger partial charge >= 0.3 is 21.2 Å². The summed E-state index contributed by atoms with van der Waals surface area (Å²) < 4.78 is 22.7. The normalized spacial score (nSPS) is 19.1. The summed E-state index contributed by atoms with van der Waals surface area (Å²) in [5, 5.41) is 9.49. The number of likely N-dealkylation sites (tertiary alicyclic amines) is 1. The van der Waals surface area contributed by atoms with Gasteiger partial charge in [-0.2, -0.15) is 5.01 Å². The van der Waals surface area contributed by atoms with Crippen LogP contribution >= 0.6 is 26.8 Å². The monoisotopic (exact) mass is 423 g/mol. The van der Waals surface area contributed by atoms with Crippen molar-refractivity contribution in [1.29, 1.82) is 0 Å². The highest BCUT2D eigenvalue weighted by molar-refractivity contribution is 7.72. The number of rotatable bonds is 8. The first kappa shape index (κ1) is 22.5. The van der Waals surface area contributed by atoms with Gasteiger partial charge in [0.15, 0.2) is 0 Å². The highest BCUT2D eigenvalue weighted by atomic mass is 35.5. The van der Waals surface area contributed by atoms with Crippen molar-refractivity contribution in [3.8, 4) is 0 Å². The number of alkyl halides is 1. The lowest BCUT2D eigenvalue weighted by molar-refractivity contribution is 0.108. The number of hydrogen-bond acceptors (Lipinski definition) is 6. The summed E-state index contributed by atoms with van der Waals surface area (Å²) in [5.41, 5.74) is 0. The molecule has 25 heavy (non-hydrogen) atoms. The van der Waals surface area contributed by atoms with Crippen molar-refractivity contribution in [3.05, 3.63) is 4.91 Å². The highest BCUT2D eigenvalue weighted by Gasteiger charge is 2.59. The molecule has 5 N–H and O–H groups in total. The van der Waals surface area contributed by atoms with Crippen molar-refractivity contribution in [2.75, 3.05) is 19.0 Å². The predicted molar refractivity (Wildman–Crippen MR) is 86.6 cm³/mol. The molecule has 0 radical (unpaired) electrons. The number of carbonyl (C=O) groups excluding carboxylic acids is 1. The molecule has 15 heteroatoms. The van der Waals surface area contributed by atoms with Gasteiger partial charge in [0.1, 0.15) is 0 Å². The predicted octanol–water partition coefficient (Wildman–Crippen LogP) is 0.575. The van der Waals surface area contributed by atoms with Crippen LogP contribution in [0.1, 0.15) is 25.7 Å². The molecule has 1 fully saturated rings. The van der Waals surface area contributed by atoms with Crippen molar-refractivity contribution in [2.45, 2.75) is 36.8 Å². The molecule has 146 valence electrons. The van der Waals surface area contributed by atoms with E-state index >= 15 is 0 Å². The Morgan fingerprint density at radius 3 is 2.28 bits per heavy atom. The number of aliphatic hydroxyl groups is 1. The number of carbonyl (C=O) groups is 1. The maximum Gasteiger partial charge on any atom is 0.369 e. The second-order valence-electron chi connectivity index (χ2n) is 5.57. The number of amides is 2.